The van der Waals surface area contributed by atoms with Gasteiger partial charge in [-0.15, -0.1) is 0 Å². The number of piperidine rings is 2. The van der Waals surface area contributed by atoms with Crippen LogP contribution in [0.4, 0.5) is 13.2 Å². The summed E-state index contributed by atoms with van der Waals surface area (Å²) in [6.07, 6.45) is -0.887. The normalized spacial score (nSPS) is 18.9. The van der Waals surface area contributed by atoms with Gasteiger partial charge in [0.15, 0.2) is 0 Å². The van der Waals surface area contributed by atoms with Crippen LogP contribution in [0.25, 0.3) is 11.1 Å². The summed E-state index contributed by atoms with van der Waals surface area (Å²) in [4.78, 5) is 42.6. The first kappa shape index (κ1) is 31.8. The van der Waals surface area contributed by atoms with Gasteiger partial charge in [0.1, 0.15) is 11.4 Å². The number of ether oxygens (including phenoxy) is 2. The Balaban J connectivity index is 1.14. The minimum Gasteiger partial charge on any atom is -0.487 e. The number of carbonyl (C=O) groups excluding carboxylic acids is 3. The van der Waals surface area contributed by atoms with E-state index in [9.17, 15) is 27.6 Å². The first-order chi connectivity index (χ1) is 21.8. The number of hydrogen-bond donors (Lipinski definition) is 0. The lowest BCUT2D eigenvalue weighted by Gasteiger charge is -2.47. The monoisotopic (exact) mass is 634 g/mol. The first-order valence-corrected chi connectivity index (χ1v) is 15.7. The molecule has 3 aromatic rings. The smallest absolute Gasteiger partial charge is 0.487 e. The lowest BCUT2D eigenvalue weighted by Crippen LogP contribution is -2.48. The third-order valence-corrected chi connectivity index (χ3v) is 9.60. The van der Waals surface area contributed by atoms with Gasteiger partial charge in [0, 0.05) is 31.6 Å². The lowest BCUT2D eigenvalue weighted by molar-refractivity contribution is -0.193. The number of halogens is 3. The highest BCUT2D eigenvalue weighted by Gasteiger charge is 2.44. The molecule has 0 unspecified atom stereocenters. The second-order valence-electron chi connectivity index (χ2n) is 13.3. The molecule has 2 fully saturated rings. The van der Waals surface area contributed by atoms with Crippen LogP contribution in [0.3, 0.4) is 0 Å². The van der Waals surface area contributed by atoms with Gasteiger partial charge < -0.3 is 14.4 Å². The molecule has 1 spiro atoms. The second kappa shape index (κ2) is 12.2. The summed E-state index contributed by atoms with van der Waals surface area (Å²) < 4.78 is 49.4. The van der Waals surface area contributed by atoms with Crippen LogP contribution in [-0.4, -0.2) is 65.6 Å². The van der Waals surface area contributed by atoms with Crippen LogP contribution in [0.1, 0.15) is 71.4 Å². The summed E-state index contributed by atoms with van der Waals surface area (Å²) in [6, 6.07) is 19.4. The Morgan fingerprint density at radius 1 is 0.848 bits per heavy atom. The zero-order valence-corrected chi connectivity index (χ0v) is 26.0. The van der Waals surface area contributed by atoms with Gasteiger partial charge in [-0.1, -0.05) is 60.7 Å². The summed E-state index contributed by atoms with van der Waals surface area (Å²) in [6.45, 7) is 7.83. The van der Waals surface area contributed by atoms with Crippen molar-refractivity contribution in [3.05, 3.63) is 89.0 Å². The predicted molar refractivity (Wildman–Crippen MR) is 165 cm³/mol. The third kappa shape index (κ3) is 6.54. The number of rotatable bonds is 5. The largest absolute Gasteiger partial charge is 0.491 e. The van der Waals surface area contributed by atoms with Gasteiger partial charge in [-0.25, -0.2) is 9.59 Å². The molecule has 0 aromatic heterocycles. The van der Waals surface area contributed by atoms with E-state index in [0.29, 0.717) is 18.7 Å². The number of para-hydroxylation sites is 1. The molecule has 1 amide bonds. The average Bonchev–Trinajstić information content (AvgIpc) is 3.36. The van der Waals surface area contributed by atoms with Crippen LogP contribution in [0.2, 0.25) is 0 Å². The lowest BCUT2D eigenvalue weighted by atomic mass is 9.71. The molecule has 3 aliphatic rings. The number of esters is 2. The topological polar surface area (TPSA) is 76.2 Å². The second-order valence-corrected chi connectivity index (χ2v) is 13.3. The number of hydrogen-bond acceptors (Lipinski definition) is 6. The molecule has 3 aliphatic heterocycles. The molecule has 3 aromatic carbocycles. The maximum atomic E-state index is 13.8. The SMILES string of the molecule is CC1(C)Cc2cccc(CN3CCC4(CC3)CCN(C(=O)c3cccc(-c5ccccc5)c3C(=O)OC(=O)C(F)(F)F)CC4)c2O1. The minimum atomic E-state index is -5.36. The van der Waals surface area contributed by atoms with Gasteiger partial charge in [0.2, 0.25) is 0 Å². The van der Waals surface area contributed by atoms with Crippen molar-refractivity contribution in [3.63, 3.8) is 0 Å². The third-order valence-electron chi connectivity index (χ3n) is 9.60. The van der Waals surface area contributed by atoms with E-state index in [1.807, 2.05) is 0 Å². The number of fused-ring (bicyclic) bond motifs is 1. The Morgan fingerprint density at radius 2 is 1.50 bits per heavy atom. The number of alkyl halides is 3. The summed E-state index contributed by atoms with van der Waals surface area (Å²) in [5, 5.41) is 0. The Bertz CT molecular complexity index is 1640. The van der Waals surface area contributed by atoms with E-state index in [1.54, 1.807) is 41.3 Å². The highest BCUT2D eigenvalue weighted by molar-refractivity contribution is 6.11. The maximum absolute atomic E-state index is 13.8. The standard InChI is InChI=1S/C36H37F3N2O5/c1-34(2)22-25-10-6-11-26(30(25)46-34)23-40-18-14-35(15-19-40)16-20-41(21-17-35)31(42)28-13-7-12-27(24-8-4-3-5-9-24)29(28)32(43)45-33(44)36(37,38)39/h3-13H,14-23H2,1-2H3. The molecular weight excluding hydrogens is 597 g/mol. The Labute approximate surface area is 266 Å². The van der Waals surface area contributed by atoms with Crippen LogP contribution < -0.4 is 4.74 Å². The zero-order valence-electron chi connectivity index (χ0n) is 26.0. The fourth-order valence-corrected chi connectivity index (χ4v) is 7.09. The van der Waals surface area contributed by atoms with Gasteiger partial charge in [-0.3, -0.25) is 9.69 Å². The van der Waals surface area contributed by atoms with Crippen molar-refractivity contribution in [2.75, 3.05) is 26.2 Å². The molecule has 0 N–H and O–H groups in total. The van der Waals surface area contributed by atoms with E-state index >= 15 is 0 Å². The van der Waals surface area contributed by atoms with Gasteiger partial charge >= 0.3 is 18.1 Å². The van der Waals surface area contributed by atoms with Gasteiger partial charge in [0.25, 0.3) is 5.91 Å². The molecule has 0 aliphatic carbocycles. The molecule has 46 heavy (non-hydrogen) atoms. The quantitative estimate of drug-likeness (QED) is 0.226. The summed E-state index contributed by atoms with van der Waals surface area (Å²) in [5.74, 6) is -3.60. The van der Waals surface area contributed by atoms with Crippen molar-refractivity contribution in [3.8, 4) is 16.9 Å². The van der Waals surface area contributed by atoms with E-state index in [0.717, 1.165) is 57.5 Å². The summed E-state index contributed by atoms with van der Waals surface area (Å²) in [5.41, 5.74) is 2.64. The first-order valence-electron chi connectivity index (χ1n) is 15.7. The molecule has 0 bridgehead atoms. The Morgan fingerprint density at radius 3 is 2.17 bits per heavy atom. The molecule has 0 radical (unpaired) electrons. The highest BCUT2D eigenvalue weighted by Crippen LogP contribution is 2.43. The average molecular weight is 635 g/mol. The van der Waals surface area contributed by atoms with E-state index in [1.165, 1.54) is 23.3 Å². The Hall–Kier alpha value is -4.18. The number of likely N-dealkylation sites (tertiary alicyclic amines) is 2. The van der Waals surface area contributed by atoms with Crippen molar-refractivity contribution in [1.82, 2.24) is 9.80 Å². The molecule has 10 heteroatoms. The fraction of sp³-hybridized carbons (Fsp3) is 0.417. The van der Waals surface area contributed by atoms with Crippen LogP contribution in [0.5, 0.6) is 5.75 Å². The van der Waals surface area contributed by atoms with Crippen molar-refractivity contribution in [2.45, 2.75) is 64.3 Å². The van der Waals surface area contributed by atoms with Crippen molar-refractivity contribution >= 4 is 17.8 Å². The van der Waals surface area contributed by atoms with Gasteiger partial charge in [-0.2, -0.15) is 13.2 Å². The van der Waals surface area contributed by atoms with Crippen molar-refractivity contribution in [2.24, 2.45) is 5.41 Å². The molecule has 2 saturated heterocycles. The minimum absolute atomic E-state index is 0.0899. The van der Waals surface area contributed by atoms with E-state index in [4.69, 9.17) is 4.74 Å². The van der Waals surface area contributed by atoms with Crippen LogP contribution in [0.15, 0.2) is 66.7 Å². The van der Waals surface area contributed by atoms with Crippen LogP contribution in [-0.2, 0) is 22.5 Å². The molecule has 7 nitrogen and oxygen atoms in total. The van der Waals surface area contributed by atoms with Crippen LogP contribution in [0, 0.1) is 5.41 Å². The number of benzene rings is 3. The molecule has 242 valence electrons. The Kier molecular flexibility index (Phi) is 8.43. The molecule has 6 rings (SSSR count). The van der Waals surface area contributed by atoms with Crippen molar-refractivity contribution < 1.29 is 37.0 Å². The van der Waals surface area contributed by atoms with Crippen LogP contribution >= 0.6 is 0 Å². The van der Waals surface area contributed by atoms with E-state index in [2.05, 4.69) is 41.7 Å². The number of amides is 1. The number of carbonyl (C=O) groups is 3. The predicted octanol–water partition coefficient (Wildman–Crippen LogP) is 6.83. The molecule has 3 heterocycles. The van der Waals surface area contributed by atoms with E-state index < -0.39 is 24.0 Å². The molecule has 0 atom stereocenters. The molecule has 0 saturated carbocycles. The maximum Gasteiger partial charge on any atom is 0.491 e. The highest BCUT2D eigenvalue weighted by atomic mass is 19.4. The summed E-state index contributed by atoms with van der Waals surface area (Å²) >= 11 is 0. The molecular formula is C36H37F3N2O5. The van der Waals surface area contributed by atoms with E-state index in [-0.39, 0.29) is 27.7 Å². The van der Waals surface area contributed by atoms with Gasteiger partial charge in [-0.05, 0) is 80.8 Å². The zero-order chi connectivity index (χ0) is 32.7. The van der Waals surface area contributed by atoms with Gasteiger partial charge in [0.05, 0.1) is 11.1 Å². The fourth-order valence-electron chi connectivity index (χ4n) is 7.09. The summed E-state index contributed by atoms with van der Waals surface area (Å²) in [7, 11) is 0. The van der Waals surface area contributed by atoms with Crippen molar-refractivity contribution in [1.29, 1.82) is 0 Å². The number of nitrogens with zero attached hydrogens (tertiary/aromatic N) is 2.